The zero-order valence-corrected chi connectivity index (χ0v) is 12.7. The van der Waals surface area contributed by atoms with E-state index in [9.17, 15) is 0 Å². The Bertz CT molecular complexity index is 781. The Hall–Kier alpha value is -2.20. The predicted molar refractivity (Wildman–Crippen MR) is 88.8 cm³/mol. The van der Waals surface area contributed by atoms with E-state index in [1.165, 1.54) is 0 Å². The van der Waals surface area contributed by atoms with Crippen molar-refractivity contribution in [2.24, 2.45) is 0 Å². The molecule has 1 unspecified atom stereocenters. The molecule has 3 aromatic rings. The van der Waals surface area contributed by atoms with Gasteiger partial charge >= 0.3 is 0 Å². The van der Waals surface area contributed by atoms with Crippen LogP contribution in [-0.4, -0.2) is 17.2 Å². The lowest BCUT2D eigenvalue weighted by Gasteiger charge is -2.29. The number of aromatic amines is 1. The van der Waals surface area contributed by atoms with E-state index in [0.717, 1.165) is 32.9 Å². The van der Waals surface area contributed by atoms with E-state index in [1.54, 1.807) is 6.20 Å². The van der Waals surface area contributed by atoms with Crippen LogP contribution in [0.4, 0.5) is 11.4 Å². The fraction of sp³-hybridized carbons (Fsp3) is 0.188. The highest BCUT2D eigenvalue weighted by Gasteiger charge is 2.17. The summed E-state index contributed by atoms with van der Waals surface area (Å²) in [5.41, 5.74) is 9.91. The summed E-state index contributed by atoms with van der Waals surface area (Å²) in [4.78, 5) is 2.12. The maximum Gasteiger partial charge on any atom is 0.0672 e. The molecule has 5 heteroatoms. The molecule has 4 nitrogen and oxygen atoms in total. The molecule has 0 saturated heterocycles. The van der Waals surface area contributed by atoms with E-state index in [2.05, 4.69) is 22.0 Å². The minimum atomic E-state index is 0.112. The highest BCUT2D eigenvalue weighted by molar-refractivity contribution is 6.31. The van der Waals surface area contributed by atoms with Crippen molar-refractivity contribution in [1.29, 1.82) is 0 Å². The molecule has 1 atom stereocenters. The second-order valence-corrected chi connectivity index (χ2v) is 5.58. The molecule has 3 N–H and O–H groups in total. The van der Waals surface area contributed by atoms with E-state index in [1.807, 2.05) is 43.4 Å². The van der Waals surface area contributed by atoms with Gasteiger partial charge in [-0.2, -0.15) is 5.10 Å². The number of nitrogens with two attached hydrogens (primary N) is 1. The fourth-order valence-corrected chi connectivity index (χ4v) is 2.83. The predicted octanol–water partition coefficient (Wildman–Crippen LogP) is 4.00. The molecule has 0 fully saturated rings. The van der Waals surface area contributed by atoms with Crippen molar-refractivity contribution in [1.82, 2.24) is 10.2 Å². The number of rotatable bonds is 3. The van der Waals surface area contributed by atoms with Gasteiger partial charge in [0.15, 0.2) is 0 Å². The lowest BCUT2D eigenvalue weighted by atomic mass is 10.1. The van der Waals surface area contributed by atoms with Crippen molar-refractivity contribution >= 4 is 33.9 Å². The third-order valence-corrected chi connectivity index (χ3v) is 4.25. The monoisotopic (exact) mass is 300 g/mol. The molecule has 21 heavy (non-hydrogen) atoms. The van der Waals surface area contributed by atoms with Crippen molar-refractivity contribution in [3.8, 4) is 0 Å². The van der Waals surface area contributed by atoms with Gasteiger partial charge in [0.05, 0.1) is 29.1 Å². The van der Waals surface area contributed by atoms with Gasteiger partial charge in [-0.25, -0.2) is 0 Å². The summed E-state index contributed by atoms with van der Waals surface area (Å²) < 4.78 is 0. The van der Waals surface area contributed by atoms with Gasteiger partial charge in [-0.15, -0.1) is 0 Å². The average molecular weight is 301 g/mol. The van der Waals surface area contributed by atoms with Crippen molar-refractivity contribution < 1.29 is 0 Å². The number of nitrogen functional groups attached to an aromatic ring is 1. The van der Waals surface area contributed by atoms with E-state index >= 15 is 0 Å². The molecule has 108 valence electrons. The Morgan fingerprint density at radius 3 is 2.81 bits per heavy atom. The van der Waals surface area contributed by atoms with Gasteiger partial charge in [-0.05, 0) is 30.7 Å². The van der Waals surface area contributed by atoms with Gasteiger partial charge in [-0.1, -0.05) is 29.8 Å². The molecule has 1 heterocycles. The van der Waals surface area contributed by atoms with Crippen LogP contribution in [0.3, 0.4) is 0 Å². The molecule has 0 aliphatic rings. The number of nitrogens with zero attached hydrogens (tertiary/aromatic N) is 2. The molecule has 0 saturated carbocycles. The minimum Gasteiger partial charge on any atom is -0.397 e. The maximum absolute atomic E-state index is 6.29. The van der Waals surface area contributed by atoms with E-state index in [-0.39, 0.29) is 6.04 Å². The van der Waals surface area contributed by atoms with Crippen LogP contribution in [0.1, 0.15) is 18.5 Å². The first-order chi connectivity index (χ1) is 10.1. The SMILES string of the molecule is CC(c1ccccc1Cl)N(C)c1cc2[nH]ncc2cc1N. The molecule has 0 radical (unpaired) electrons. The van der Waals surface area contributed by atoms with Crippen molar-refractivity contribution in [2.75, 3.05) is 17.7 Å². The molecule has 3 rings (SSSR count). The van der Waals surface area contributed by atoms with Gasteiger partial charge in [-0.3, -0.25) is 5.10 Å². The summed E-state index contributed by atoms with van der Waals surface area (Å²) in [6, 6.07) is 11.9. The Balaban J connectivity index is 2.01. The molecule has 0 bridgehead atoms. The van der Waals surface area contributed by atoms with Crippen molar-refractivity contribution in [3.05, 3.63) is 53.2 Å². The lowest BCUT2D eigenvalue weighted by molar-refractivity contribution is 0.741. The van der Waals surface area contributed by atoms with E-state index in [0.29, 0.717) is 0 Å². The quantitative estimate of drug-likeness (QED) is 0.719. The first kappa shape index (κ1) is 13.8. The Morgan fingerprint density at radius 1 is 1.29 bits per heavy atom. The first-order valence-electron chi connectivity index (χ1n) is 6.78. The molecule has 2 aromatic carbocycles. The smallest absolute Gasteiger partial charge is 0.0672 e. The van der Waals surface area contributed by atoms with Crippen molar-refractivity contribution in [2.45, 2.75) is 13.0 Å². The normalized spacial score (nSPS) is 12.5. The summed E-state index contributed by atoms with van der Waals surface area (Å²) in [7, 11) is 2.02. The molecule has 1 aromatic heterocycles. The Morgan fingerprint density at radius 2 is 2.05 bits per heavy atom. The van der Waals surface area contributed by atoms with Crippen LogP contribution in [0, 0.1) is 0 Å². The van der Waals surface area contributed by atoms with E-state index < -0.39 is 0 Å². The largest absolute Gasteiger partial charge is 0.397 e. The van der Waals surface area contributed by atoms with Crippen LogP contribution in [-0.2, 0) is 0 Å². The van der Waals surface area contributed by atoms with Crippen LogP contribution in [0.2, 0.25) is 5.02 Å². The molecule has 0 amide bonds. The van der Waals surface area contributed by atoms with Gasteiger partial charge in [0.25, 0.3) is 0 Å². The number of H-pyrrole nitrogens is 1. The van der Waals surface area contributed by atoms with Crippen LogP contribution < -0.4 is 10.6 Å². The topological polar surface area (TPSA) is 57.9 Å². The molecule has 0 aliphatic carbocycles. The maximum atomic E-state index is 6.29. The highest BCUT2D eigenvalue weighted by Crippen LogP contribution is 2.34. The molecular weight excluding hydrogens is 284 g/mol. The summed E-state index contributed by atoms with van der Waals surface area (Å²) >= 11 is 6.29. The van der Waals surface area contributed by atoms with E-state index in [4.69, 9.17) is 17.3 Å². The molecule has 0 aliphatic heterocycles. The zero-order chi connectivity index (χ0) is 15.0. The number of hydrogen-bond acceptors (Lipinski definition) is 3. The summed E-state index contributed by atoms with van der Waals surface area (Å²) in [5, 5.41) is 8.79. The van der Waals surface area contributed by atoms with Crippen LogP contribution in [0.15, 0.2) is 42.6 Å². The van der Waals surface area contributed by atoms with Crippen LogP contribution in [0.25, 0.3) is 10.9 Å². The Labute approximate surface area is 128 Å². The number of hydrogen-bond donors (Lipinski definition) is 2. The second kappa shape index (κ2) is 5.30. The second-order valence-electron chi connectivity index (χ2n) is 5.18. The molecule has 0 spiro atoms. The highest BCUT2D eigenvalue weighted by atomic mass is 35.5. The first-order valence-corrected chi connectivity index (χ1v) is 7.15. The number of benzene rings is 2. The number of halogens is 1. The summed E-state index contributed by atoms with van der Waals surface area (Å²) in [6.45, 7) is 2.11. The van der Waals surface area contributed by atoms with Gasteiger partial charge in [0.1, 0.15) is 0 Å². The summed E-state index contributed by atoms with van der Waals surface area (Å²) in [5.74, 6) is 0. The minimum absolute atomic E-state index is 0.112. The summed E-state index contributed by atoms with van der Waals surface area (Å²) in [6.07, 6.45) is 1.77. The number of anilines is 2. The average Bonchev–Trinajstić information content (AvgIpc) is 2.92. The fourth-order valence-electron chi connectivity index (χ4n) is 2.53. The molecular formula is C16H17ClN4. The Kier molecular flexibility index (Phi) is 3.47. The van der Waals surface area contributed by atoms with Gasteiger partial charge < -0.3 is 10.6 Å². The zero-order valence-electron chi connectivity index (χ0n) is 12.0. The van der Waals surface area contributed by atoms with Gasteiger partial charge in [0.2, 0.25) is 0 Å². The van der Waals surface area contributed by atoms with Crippen LogP contribution >= 0.6 is 11.6 Å². The third-order valence-electron chi connectivity index (χ3n) is 3.90. The van der Waals surface area contributed by atoms with Crippen LogP contribution in [0.5, 0.6) is 0 Å². The standard InChI is InChI=1S/C16H17ClN4/c1-10(12-5-3-4-6-13(12)17)21(2)16-8-15-11(7-14(16)18)9-19-20-15/h3-10H,18H2,1-2H3,(H,19,20). The third kappa shape index (κ3) is 2.43. The van der Waals surface area contributed by atoms with Gasteiger partial charge in [0, 0.05) is 17.5 Å². The number of aromatic nitrogens is 2. The number of fused-ring (bicyclic) bond motifs is 1. The van der Waals surface area contributed by atoms with Crippen molar-refractivity contribution in [3.63, 3.8) is 0 Å². The number of nitrogens with one attached hydrogen (secondary N) is 1. The lowest BCUT2D eigenvalue weighted by Crippen LogP contribution is -2.22.